The van der Waals surface area contributed by atoms with Crippen molar-refractivity contribution >= 4 is 21.8 Å². The lowest BCUT2D eigenvalue weighted by molar-refractivity contribution is 0.297. The third-order valence-electron chi connectivity index (χ3n) is 3.99. The van der Waals surface area contributed by atoms with Gasteiger partial charge < -0.3 is 10.1 Å². The summed E-state index contributed by atoms with van der Waals surface area (Å²) in [5, 5.41) is 15.7. The number of H-pyrrole nitrogens is 1. The second kappa shape index (κ2) is 5.37. The smallest absolute Gasteiger partial charge is 0.276 e. The highest BCUT2D eigenvalue weighted by Gasteiger charge is 2.17. The number of hydrogen-bond donors (Lipinski definition) is 2. The van der Waals surface area contributed by atoms with Crippen LogP contribution in [0.5, 0.6) is 0 Å². The van der Waals surface area contributed by atoms with Crippen LogP contribution in [0, 0.1) is 0 Å². The van der Waals surface area contributed by atoms with Gasteiger partial charge in [-0.05, 0) is 18.2 Å². The number of aromatic amines is 1. The number of aliphatic hydroxyl groups is 1. The summed E-state index contributed by atoms with van der Waals surface area (Å²) in [7, 11) is 0. The van der Waals surface area contributed by atoms with Crippen molar-refractivity contribution in [3.8, 4) is 5.69 Å². The SMILES string of the molecule is O=c1[nH]c2ccccc2c2c(CCO)n(-c3ccccc3)nc12. The summed E-state index contributed by atoms with van der Waals surface area (Å²) in [5.41, 5.74) is 2.67. The number of nitrogens with one attached hydrogen (secondary N) is 1. The Bertz CT molecular complexity index is 1050. The van der Waals surface area contributed by atoms with E-state index in [1.807, 2.05) is 54.6 Å². The molecular weight excluding hydrogens is 290 g/mol. The number of hydrogen-bond acceptors (Lipinski definition) is 3. The van der Waals surface area contributed by atoms with Gasteiger partial charge in [0.15, 0.2) is 5.52 Å². The van der Waals surface area contributed by atoms with E-state index in [0.29, 0.717) is 11.9 Å². The molecule has 0 spiro atoms. The number of para-hydroxylation sites is 2. The van der Waals surface area contributed by atoms with Crippen LogP contribution in [0.3, 0.4) is 0 Å². The van der Waals surface area contributed by atoms with Crippen molar-refractivity contribution in [1.29, 1.82) is 0 Å². The lowest BCUT2D eigenvalue weighted by Crippen LogP contribution is -2.06. The molecule has 0 unspecified atom stereocenters. The Morgan fingerprint density at radius 2 is 1.78 bits per heavy atom. The molecule has 0 bridgehead atoms. The Balaban J connectivity index is 2.17. The second-order valence-electron chi connectivity index (χ2n) is 5.39. The van der Waals surface area contributed by atoms with E-state index >= 15 is 0 Å². The molecule has 2 aromatic heterocycles. The molecule has 0 atom stereocenters. The maximum Gasteiger partial charge on any atom is 0.276 e. The van der Waals surface area contributed by atoms with Gasteiger partial charge in [-0.3, -0.25) is 4.79 Å². The van der Waals surface area contributed by atoms with Crippen LogP contribution in [0.4, 0.5) is 0 Å². The Hall–Kier alpha value is -2.92. The minimum atomic E-state index is -0.215. The van der Waals surface area contributed by atoms with E-state index in [-0.39, 0.29) is 12.2 Å². The lowest BCUT2D eigenvalue weighted by atomic mass is 10.1. The fourth-order valence-corrected chi connectivity index (χ4v) is 3.01. The third-order valence-corrected chi connectivity index (χ3v) is 3.99. The van der Waals surface area contributed by atoms with Gasteiger partial charge >= 0.3 is 0 Å². The van der Waals surface area contributed by atoms with Crippen LogP contribution < -0.4 is 5.56 Å². The molecule has 0 fully saturated rings. The first-order valence-corrected chi connectivity index (χ1v) is 7.48. The molecule has 0 radical (unpaired) electrons. The van der Waals surface area contributed by atoms with Crippen molar-refractivity contribution in [1.82, 2.24) is 14.8 Å². The molecule has 0 aliphatic heterocycles. The number of aromatic nitrogens is 3. The first-order valence-electron chi connectivity index (χ1n) is 7.48. The van der Waals surface area contributed by atoms with Gasteiger partial charge in [-0.1, -0.05) is 36.4 Å². The van der Waals surface area contributed by atoms with Crippen LogP contribution in [-0.2, 0) is 6.42 Å². The van der Waals surface area contributed by atoms with Gasteiger partial charge in [-0.2, -0.15) is 5.10 Å². The molecule has 4 rings (SSSR count). The summed E-state index contributed by atoms with van der Waals surface area (Å²) in [6, 6.07) is 17.3. The standard InChI is InChI=1S/C18H15N3O2/c22-11-10-15-16-13-8-4-5-9-14(13)19-18(23)17(16)20-21(15)12-6-2-1-3-7-12/h1-9,22H,10-11H2,(H,19,23). The molecule has 114 valence electrons. The zero-order valence-corrected chi connectivity index (χ0v) is 12.4. The number of fused-ring (bicyclic) bond motifs is 3. The summed E-state index contributed by atoms with van der Waals surface area (Å²) < 4.78 is 1.75. The largest absolute Gasteiger partial charge is 0.396 e. The van der Waals surface area contributed by atoms with Crippen molar-refractivity contribution in [3.63, 3.8) is 0 Å². The van der Waals surface area contributed by atoms with Gasteiger partial charge in [-0.15, -0.1) is 0 Å². The predicted molar refractivity (Wildman–Crippen MR) is 90.0 cm³/mol. The zero-order chi connectivity index (χ0) is 15.8. The molecule has 5 nitrogen and oxygen atoms in total. The monoisotopic (exact) mass is 305 g/mol. The van der Waals surface area contributed by atoms with Gasteiger partial charge in [-0.25, -0.2) is 4.68 Å². The van der Waals surface area contributed by atoms with E-state index in [1.165, 1.54) is 0 Å². The number of aliphatic hydroxyl groups excluding tert-OH is 1. The highest BCUT2D eigenvalue weighted by Crippen LogP contribution is 2.26. The molecular formula is C18H15N3O2. The molecule has 2 heterocycles. The van der Waals surface area contributed by atoms with Gasteiger partial charge in [0, 0.05) is 29.3 Å². The summed E-state index contributed by atoms with van der Waals surface area (Å²) >= 11 is 0. The minimum absolute atomic E-state index is 0.00521. The van der Waals surface area contributed by atoms with Gasteiger partial charge in [0.2, 0.25) is 0 Å². The fourth-order valence-electron chi connectivity index (χ4n) is 3.01. The van der Waals surface area contributed by atoms with Crippen molar-refractivity contribution < 1.29 is 5.11 Å². The topological polar surface area (TPSA) is 70.9 Å². The summed E-state index contributed by atoms with van der Waals surface area (Å²) in [6.07, 6.45) is 0.429. The Labute approximate surface area is 131 Å². The van der Waals surface area contributed by atoms with Gasteiger partial charge in [0.1, 0.15) is 0 Å². The Morgan fingerprint density at radius 1 is 1.04 bits per heavy atom. The van der Waals surface area contributed by atoms with Gasteiger partial charge in [0.25, 0.3) is 5.56 Å². The minimum Gasteiger partial charge on any atom is -0.396 e. The summed E-state index contributed by atoms with van der Waals surface area (Å²) in [6.45, 7) is -0.00521. The molecule has 0 amide bonds. The first-order chi connectivity index (χ1) is 11.3. The fraction of sp³-hybridized carbons (Fsp3) is 0.111. The van der Waals surface area contributed by atoms with Crippen LogP contribution in [0.25, 0.3) is 27.5 Å². The number of benzene rings is 2. The second-order valence-corrected chi connectivity index (χ2v) is 5.39. The molecule has 0 saturated heterocycles. The van der Waals surface area contributed by atoms with Gasteiger partial charge in [0.05, 0.1) is 11.4 Å². The maximum absolute atomic E-state index is 12.4. The van der Waals surface area contributed by atoms with Crippen molar-refractivity contribution in [3.05, 3.63) is 70.6 Å². The molecule has 5 heteroatoms. The quantitative estimate of drug-likeness (QED) is 0.610. The Kier molecular flexibility index (Phi) is 3.20. The third kappa shape index (κ3) is 2.13. The molecule has 2 N–H and O–H groups in total. The van der Waals surface area contributed by atoms with E-state index in [1.54, 1.807) is 4.68 Å². The van der Waals surface area contributed by atoms with Crippen LogP contribution in [0.15, 0.2) is 59.4 Å². The molecule has 2 aromatic carbocycles. The first kappa shape index (κ1) is 13.7. The average molecular weight is 305 g/mol. The highest BCUT2D eigenvalue weighted by atomic mass is 16.3. The predicted octanol–water partition coefficient (Wildman–Crippen LogP) is 2.40. The summed E-state index contributed by atoms with van der Waals surface area (Å²) in [5.74, 6) is 0. The van der Waals surface area contributed by atoms with Crippen molar-refractivity contribution in [2.45, 2.75) is 6.42 Å². The van der Waals surface area contributed by atoms with Crippen LogP contribution >= 0.6 is 0 Å². The van der Waals surface area contributed by atoms with E-state index in [9.17, 15) is 9.90 Å². The normalized spacial score (nSPS) is 11.3. The molecule has 4 aromatic rings. The molecule has 0 aliphatic rings. The van der Waals surface area contributed by atoms with E-state index in [0.717, 1.165) is 27.7 Å². The lowest BCUT2D eigenvalue weighted by Gasteiger charge is -2.07. The molecule has 0 saturated carbocycles. The number of rotatable bonds is 3. The average Bonchev–Trinajstić information content (AvgIpc) is 2.97. The summed E-state index contributed by atoms with van der Waals surface area (Å²) in [4.78, 5) is 15.3. The van der Waals surface area contributed by atoms with Crippen molar-refractivity contribution in [2.24, 2.45) is 0 Å². The zero-order valence-electron chi connectivity index (χ0n) is 12.4. The Morgan fingerprint density at radius 3 is 2.57 bits per heavy atom. The van der Waals surface area contributed by atoms with Crippen LogP contribution in [0.2, 0.25) is 0 Å². The number of pyridine rings is 1. The molecule has 0 aliphatic carbocycles. The molecule has 23 heavy (non-hydrogen) atoms. The van der Waals surface area contributed by atoms with E-state index in [2.05, 4.69) is 10.1 Å². The number of nitrogens with zero attached hydrogens (tertiary/aromatic N) is 2. The van der Waals surface area contributed by atoms with E-state index < -0.39 is 0 Å². The van der Waals surface area contributed by atoms with Crippen LogP contribution in [-0.4, -0.2) is 26.5 Å². The highest BCUT2D eigenvalue weighted by molar-refractivity contribution is 6.05. The van der Waals surface area contributed by atoms with Crippen LogP contribution in [0.1, 0.15) is 5.69 Å². The maximum atomic E-state index is 12.4. The van der Waals surface area contributed by atoms with Crippen molar-refractivity contribution in [2.75, 3.05) is 6.61 Å². The van der Waals surface area contributed by atoms with E-state index in [4.69, 9.17) is 0 Å².